The van der Waals surface area contributed by atoms with Crippen LogP contribution in [0.2, 0.25) is 0 Å². The molecule has 2 rings (SSSR count). The highest BCUT2D eigenvalue weighted by Gasteiger charge is 2.13. The number of benzene rings is 1. The molecule has 0 bridgehead atoms. The third-order valence-electron chi connectivity index (χ3n) is 2.71. The predicted octanol–water partition coefficient (Wildman–Crippen LogP) is 2.74. The van der Waals surface area contributed by atoms with Crippen LogP contribution in [-0.2, 0) is 9.53 Å². The minimum atomic E-state index is -0.496. The van der Waals surface area contributed by atoms with Crippen LogP contribution in [0.3, 0.4) is 0 Å². The molecule has 6 heteroatoms. The van der Waals surface area contributed by atoms with E-state index in [0.717, 1.165) is 5.56 Å². The number of alkyl halides is 1. The van der Waals surface area contributed by atoms with Crippen LogP contribution >= 0.6 is 11.6 Å². The number of aromatic amines is 1. The summed E-state index contributed by atoms with van der Waals surface area (Å²) in [6.07, 6.45) is 0.734. The first-order valence-corrected chi connectivity index (χ1v) is 6.46. The van der Waals surface area contributed by atoms with Gasteiger partial charge in [-0.05, 0) is 31.0 Å². The lowest BCUT2D eigenvalue weighted by Gasteiger charge is -2.09. The Labute approximate surface area is 114 Å². The van der Waals surface area contributed by atoms with E-state index in [2.05, 4.69) is 4.98 Å². The number of aromatic nitrogens is 1. The maximum absolute atomic E-state index is 11.2. The third kappa shape index (κ3) is 3.38. The molecule has 0 amide bonds. The summed E-state index contributed by atoms with van der Waals surface area (Å²) >= 11 is 6.22. The van der Waals surface area contributed by atoms with E-state index in [1.165, 1.54) is 0 Å². The molecule has 0 spiro atoms. The lowest BCUT2D eigenvalue weighted by atomic mass is 10.1. The fourth-order valence-electron chi connectivity index (χ4n) is 1.80. The van der Waals surface area contributed by atoms with Crippen LogP contribution in [0.15, 0.2) is 27.4 Å². The molecule has 0 aliphatic rings. The van der Waals surface area contributed by atoms with Gasteiger partial charge in [-0.15, -0.1) is 11.6 Å². The van der Waals surface area contributed by atoms with Gasteiger partial charge in [-0.1, -0.05) is 6.07 Å². The molecule has 0 saturated carbocycles. The Bertz CT molecular complexity index is 631. The molecule has 1 aromatic heterocycles. The van der Waals surface area contributed by atoms with Crippen LogP contribution in [0.4, 0.5) is 0 Å². The highest BCUT2D eigenvalue weighted by atomic mass is 35.5. The van der Waals surface area contributed by atoms with E-state index >= 15 is 0 Å². The molecule has 0 aliphatic heterocycles. The number of rotatable bonds is 5. The average molecular weight is 284 g/mol. The molecule has 0 aliphatic carbocycles. The summed E-state index contributed by atoms with van der Waals surface area (Å²) in [6, 6.07) is 5.24. The molecule has 0 saturated heterocycles. The summed E-state index contributed by atoms with van der Waals surface area (Å²) in [5, 5.41) is -0.325. The standard InChI is InChI=1S/C13H14ClNO4/c1-2-18-12(16)6-4-9(14)8-3-5-10-11(7-8)19-13(17)15-10/h3,5,7,9H,2,4,6H2,1H3,(H,15,17). The second-order valence-electron chi connectivity index (χ2n) is 4.08. The Morgan fingerprint density at radius 3 is 3.05 bits per heavy atom. The summed E-state index contributed by atoms with van der Waals surface area (Å²) in [4.78, 5) is 24.8. The van der Waals surface area contributed by atoms with Crippen molar-refractivity contribution in [1.29, 1.82) is 0 Å². The average Bonchev–Trinajstić information content (AvgIpc) is 2.75. The van der Waals surface area contributed by atoms with Gasteiger partial charge in [-0.3, -0.25) is 9.78 Å². The topological polar surface area (TPSA) is 72.3 Å². The van der Waals surface area contributed by atoms with Gasteiger partial charge in [0.05, 0.1) is 17.5 Å². The van der Waals surface area contributed by atoms with Gasteiger partial charge in [0.15, 0.2) is 5.58 Å². The Balaban J connectivity index is 2.06. The molecule has 102 valence electrons. The molecule has 1 unspecified atom stereocenters. The Kier molecular flexibility index (Phi) is 4.27. The highest BCUT2D eigenvalue weighted by molar-refractivity contribution is 6.21. The summed E-state index contributed by atoms with van der Waals surface area (Å²) in [5.41, 5.74) is 1.90. The minimum absolute atomic E-state index is 0.261. The van der Waals surface area contributed by atoms with E-state index in [1.807, 2.05) is 0 Å². The van der Waals surface area contributed by atoms with E-state index in [1.54, 1.807) is 25.1 Å². The first kappa shape index (κ1) is 13.7. The first-order valence-electron chi connectivity index (χ1n) is 6.02. The second-order valence-corrected chi connectivity index (χ2v) is 4.61. The van der Waals surface area contributed by atoms with Crippen molar-refractivity contribution in [2.45, 2.75) is 25.1 Å². The summed E-state index contributed by atoms with van der Waals surface area (Å²) in [5.74, 6) is -0.757. The molecular weight excluding hydrogens is 270 g/mol. The Morgan fingerprint density at radius 1 is 1.53 bits per heavy atom. The van der Waals surface area contributed by atoms with Crippen molar-refractivity contribution in [3.63, 3.8) is 0 Å². The Morgan fingerprint density at radius 2 is 2.32 bits per heavy atom. The zero-order valence-corrected chi connectivity index (χ0v) is 11.2. The maximum atomic E-state index is 11.2. The molecule has 5 nitrogen and oxygen atoms in total. The SMILES string of the molecule is CCOC(=O)CCC(Cl)c1ccc2[nH]c(=O)oc2c1. The van der Waals surface area contributed by atoms with Gasteiger partial charge in [0.25, 0.3) is 0 Å². The number of ether oxygens (including phenoxy) is 1. The van der Waals surface area contributed by atoms with E-state index in [-0.39, 0.29) is 17.8 Å². The second kappa shape index (κ2) is 5.93. The van der Waals surface area contributed by atoms with Crippen molar-refractivity contribution in [2.75, 3.05) is 6.61 Å². The van der Waals surface area contributed by atoms with Crippen molar-refractivity contribution in [1.82, 2.24) is 4.98 Å². The summed E-state index contributed by atoms with van der Waals surface area (Å²) < 4.78 is 9.80. The van der Waals surface area contributed by atoms with Crippen molar-refractivity contribution in [2.24, 2.45) is 0 Å². The molecule has 0 radical (unpaired) electrons. The third-order valence-corrected chi connectivity index (χ3v) is 3.18. The largest absolute Gasteiger partial charge is 0.466 e. The molecule has 1 aromatic carbocycles. The zero-order valence-electron chi connectivity index (χ0n) is 10.4. The molecular formula is C13H14ClNO4. The zero-order chi connectivity index (χ0) is 13.8. The quantitative estimate of drug-likeness (QED) is 0.676. The lowest BCUT2D eigenvalue weighted by molar-refractivity contribution is -0.143. The first-order chi connectivity index (χ1) is 9.10. The number of carbonyl (C=O) groups excluding carboxylic acids is 1. The fraction of sp³-hybridized carbons (Fsp3) is 0.385. The fourth-order valence-corrected chi connectivity index (χ4v) is 2.05. The maximum Gasteiger partial charge on any atom is 0.417 e. The number of H-pyrrole nitrogens is 1. The number of oxazole rings is 1. The number of fused-ring (bicyclic) bond motifs is 1. The predicted molar refractivity (Wildman–Crippen MR) is 71.3 cm³/mol. The van der Waals surface area contributed by atoms with Gasteiger partial charge in [0.2, 0.25) is 0 Å². The van der Waals surface area contributed by atoms with Crippen molar-refractivity contribution in [3.05, 3.63) is 34.3 Å². The van der Waals surface area contributed by atoms with Gasteiger partial charge in [0.1, 0.15) is 0 Å². The van der Waals surface area contributed by atoms with Crippen LogP contribution in [0.1, 0.15) is 30.7 Å². The van der Waals surface area contributed by atoms with Crippen LogP contribution in [0.25, 0.3) is 11.1 Å². The van der Waals surface area contributed by atoms with Crippen molar-refractivity contribution < 1.29 is 13.9 Å². The van der Waals surface area contributed by atoms with E-state index in [9.17, 15) is 9.59 Å². The van der Waals surface area contributed by atoms with Crippen LogP contribution in [-0.4, -0.2) is 17.6 Å². The highest BCUT2D eigenvalue weighted by Crippen LogP contribution is 2.27. The molecule has 1 heterocycles. The van der Waals surface area contributed by atoms with Crippen LogP contribution < -0.4 is 5.76 Å². The lowest BCUT2D eigenvalue weighted by Crippen LogP contribution is -2.05. The number of carbonyl (C=O) groups is 1. The van der Waals surface area contributed by atoms with Gasteiger partial charge in [-0.25, -0.2) is 4.79 Å². The number of esters is 1. The van der Waals surface area contributed by atoms with E-state index < -0.39 is 5.76 Å². The summed E-state index contributed by atoms with van der Waals surface area (Å²) in [7, 11) is 0. The normalized spacial score (nSPS) is 12.5. The number of hydrogen-bond donors (Lipinski definition) is 1. The molecule has 1 N–H and O–H groups in total. The molecule has 19 heavy (non-hydrogen) atoms. The number of halogens is 1. The van der Waals surface area contributed by atoms with Gasteiger partial charge in [0, 0.05) is 6.42 Å². The van der Waals surface area contributed by atoms with Crippen molar-refractivity contribution in [3.8, 4) is 0 Å². The van der Waals surface area contributed by atoms with Gasteiger partial charge >= 0.3 is 11.7 Å². The monoisotopic (exact) mass is 283 g/mol. The molecule has 2 aromatic rings. The summed E-state index contributed by atoms with van der Waals surface area (Å²) in [6.45, 7) is 2.13. The van der Waals surface area contributed by atoms with E-state index in [4.69, 9.17) is 20.8 Å². The van der Waals surface area contributed by atoms with E-state index in [0.29, 0.717) is 24.1 Å². The molecule has 1 atom stereocenters. The van der Waals surface area contributed by atoms with Crippen LogP contribution in [0, 0.1) is 0 Å². The van der Waals surface area contributed by atoms with Crippen LogP contribution in [0.5, 0.6) is 0 Å². The molecule has 0 fully saturated rings. The van der Waals surface area contributed by atoms with Gasteiger partial charge in [-0.2, -0.15) is 0 Å². The smallest absolute Gasteiger partial charge is 0.417 e. The number of nitrogens with one attached hydrogen (secondary N) is 1. The van der Waals surface area contributed by atoms with Gasteiger partial charge < -0.3 is 9.15 Å². The number of hydrogen-bond acceptors (Lipinski definition) is 4. The Hall–Kier alpha value is -1.75. The minimum Gasteiger partial charge on any atom is -0.466 e. The van der Waals surface area contributed by atoms with Crippen molar-refractivity contribution >= 4 is 28.7 Å².